The van der Waals surface area contributed by atoms with Crippen molar-refractivity contribution in [2.24, 2.45) is 5.92 Å². The number of Topliss-reactive ketones (excluding diaryl/α,β-unsaturated/α-hetero) is 1. The highest BCUT2D eigenvalue weighted by atomic mass is 16.1. The molecule has 2 nitrogen and oxygen atoms in total. The van der Waals surface area contributed by atoms with Crippen molar-refractivity contribution in [2.45, 2.75) is 26.2 Å². The van der Waals surface area contributed by atoms with Gasteiger partial charge in [-0.15, -0.1) is 0 Å². The van der Waals surface area contributed by atoms with Gasteiger partial charge in [0.25, 0.3) is 0 Å². The molecule has 0 N–H and O–H groups in total. The van der Waals surface area contributed by atoms with E-state index in [-0.39, 0.29) is 5.92 Å². The zero-order chi connectivity index (χ0) is 12.1. The highest BCUT2D eigenvalue weighted by Crippen LogP contribution is 2.17. The van der Waals surface area contributed by atoms with Gasteiger partial charge in [-0.2, -0.15) is 0 Å². The lowest BCUT2D eigenvalue weighted by molar-refractivity contribution is -0.122. The van der Waals surface area contributed by atoms with Crippen LogP contribution in [0.5, 0.6) is 0 Å². The molecule has 1 fully saturated rings. The predicted molar refractivity (Wildman–Crippen MR) is 70.0 cm³/mol. The molecule has 1 aromatic carbocycles. The SMILES string of the molecule is CC(=O)C1CCCN(CCc2ccccc2)C1. The molecule has 1 aliphatic heterocycles. The van der Waals surface area contributed by atoms with Crippen LogP contribution in [-0.4, -0.2) is 30.3 Å². The number of ketones is 1. The zero-order valence-corrected chi connectivity index (χ0v) is 10.6. The summed E-state index contributed by atoms with van der Waals surface area (Å²) in [5.41, 5.74) is 1.39. The monoisotopic (exact) mass is 231 g/mol. The Morgan fingerprint density at radius 2 is 2.12 bits per heavy atom. The summed E-state index contributed by atoms with van der Waals surface area (Å²) >= 11 is 0. The number of hydrogen-bond donors (Lipinski definition) is 0. The summed E-state index contributed by atoms with van der Waals surface area (Å²) in [5.74, 6) is 0.633. The first-order chi connectivity index (χ1) is 8.25. The van der Waals surface area contributed by atoms with Gasteiger partial charge < -0.3 is 4.90 Å². The van der Waals surface area contributed by atoms with Crippen molar-refractivity contribution in [1.29, 1.82) is 0 Å². The Morgan fingerprint density at radius 3 is 2.82 bits per heavy atom. The second kappa shape index (κ2) is 5.97. The first kappa shape index (κ1) is 12.3. The number of carbonyl (C=O) groups excluding carboxylic acids is 1. The number of hydrogen-bond acceptors (Lipinski definition) is 2. The molecule has 1 aromatic rings. The van der Waals surface area contributed by atoms with E-state index in [1.807, 2.05) is 0 Å². The van der Waals surface area contributed by atoms with Crippen LogP contribution in [0.2, 0.25) is 0 Å². The molecule has 2 heteroatoms. The van der Waals surface area contributed by atoms with Crippen LogP contribution >= 0.6 is 0 Å². The summed E-state index contributed by atoms with van der Waals surface area (Å²) in [7, 11) is 0. The van der Waals surface area contributed by atoms with Gasteiger partial charge in [0.1, 0.15) is 5.78 Å². The fourth-order valence-electron chi connectivity index (χ4n) is 2.52. The molecule has 0 aliphatic carbocycles. The number of benzene rings is 1. The largest absolute Gasteiger partial charge is 0.302 e. The van der Waals surface area contributed by atoms with Gasteiger partial charge in [0, 0.05) is 19.0 Å². The first-order valence-electron chi connectivity index (χ1n) is 6.52. The maximum absolute atomic E-state index is 11.4. The Labute approximate surface area is 104 Å². The standard InChI is InChI=1S/C15H21NO/c1-13(17)15-8-5-10-16(12-15)11-9-14-6-3-2-4-7-14/h2-4,6-7,15H,5,8-12H2,1H3. The van der Waals surface area contributed by atoms with Gasteiger partial charge in [-0.1, -0.05) is 30.3 Å². The molecule has 1 aliphatic rings. The topological polar surface area (TPSA) is 20.3 Å². The molecule has 2 rings (SSSR count). The van der Waals surface area contributed by atoms with Gasteiger partial charge in [0.05, 0.1) is 0 Å². The molecule has 0 aromatic heterocycles. The van der Waals surface area contributed by atoms with E-state index in [2.05, 4.69) is 35.2 Å². The maximum Gasteiger partial charge on any atom is 0.134 e. The first-order valence-corrected chi connectivity index (χ1v) is 6.52. The Balaban J connectivity index is 1.81. The van der Waals surface area contributed by atoms with E-state index in [0.717, 1.165) is 32.5 Å². The van der Waals surface area contributed by atoms with E-state index in [0.29, 0.717) is 5.78 Å². The fraction of sp³-hybridized carbons (Fsp3) is 0.533. The fourth-order valence-corrected chi connectivity index (χ4v) is 2.52. The summed E-state index contributed by atoms with van der Waals surface area (Å²) in [6.45, 7) is 4.91. The van der Waals surface area contributed by atoms with E-state index >= 15 is 0 Å². The summed E-state index contributed by atoms with van der Waals surface area (Å²) < 4.78 is 0. The van der Waals surface area contributed by atoms with Crippen LogP contribution in [0.4, 0.5) is 0 Å². The summed E-state index contributed by atoms with van der Waals surface area (Å²) in [5, 5.41) is 0. The molecule has 0 bridgehead atoms. The van der Waals surface area contributed by atoms with Gasteiger partial charge >= 0.3 is 0 Å². The Kier molecular flexibility index (Phi) is 4.32. The Hall–Kier alpha value is -1.15. The molecule has 1 saturated heterocycles. The van der Waals surface area contributed by atoms with Gasteiger partial charge in [0.2, 0.25) is 0 Å². The second-order valence-electron chi connectivity index (χ2n) is 4.99. The predicted octanol–water partition coefficient (Wildman–Crippen LogP) is 2.53. The molecule has 0 saturated carbocycles. The number of carbonyl (C=O) groups is 1. The maximum atomic E-state index is 11.4. The highest BCUT2D eigenvalue weighted by molar-refractivity contribution is 5.78. The summed E-state index contributed by atoms with van der Waals surface area (Å²) in [6.07, 6.45) is 3.33. The molecule has 92 valence electrons. The Bertz CT molecular complexity index is 360. The smallest absolute Gasteiger partial charge is 0.134 e. The minimum Gasteiger partial charge on any atom is -0.302 e. The van der Waals surface area contributed by atoms with Gasteiger partial charge in [-0.3, -0.25) is 4.79 Å². The van der Waals surface area contributed by atoms with E-state index in [4.69, 9.17) is 0 Å². The molecule has 1 unspecified atom stereocenters. The van der Waals surface area contributed by atoms with Crippen LogP contribution in [-0.2, 0) is 11.2 Å². The lowest BCUT2D eigenvalue weighted by Gasteiger charge is -2.31. The Morgan fingerprint density at radius 1 is 1.35 bits per heavy atom. The van der Waals surface area contributed by atoms with Crippen molar-refractivity contribution in [3.63, 3.8) is 0 Å². The molecular formula is C15H21NO. The molecular weight excluding hydrogens is 210 g/mol. The molecule has 1 heterocycles. The van der Waals surface area contributed by atoms with E-state index in [1.165, 1.54) is 12.0 Å². The minimum atomic E-state index is 0.277. The molecule has 0 radical (unpaired) electrons. The molecule has 0 amide bonds. The minimum absolute atomic E-state index is 0.277. The normalized spacial score (nSPS) is 21.4. The summed E-state index contributed by atoms with van der Waals surface area (Å²) in [4.78, 5) is 13.8. The van der Waals surface area contributed by atoms with Crippen LogP contribution in [0.15, 0.2) is 30.3 Å². The molecule has 17 heavy (non-hydrogen) atoms. The van der Waals surface area contributed by atoms with Crippen LogP contribution in [0.25, 0.3) is 0 Å². The van der Waals surface area contributed by atoms with Gasteiger partial charge in [-0.05, 0) is 38.3 Å². The van der Waals surface area contributed by atoms with Crippen molar-refractivity contribution in [3.05, 3.63) is 35.9 Å². The van der Waals surface area contributed by atoms with Crippen LogP contribution in [0.3, 0.4) is 0 Å². The lowest BCUT2D eigenvalue weighted by atomic mass is 9.94. The lowest BCUT2D eigenvalue weighted by Crippen LogP contribution is -2.39. The van der Waals surface area contributed by atoms with Crippen molar-refractivity contribution in [3.8, 4) is 0 Å². The number of nitrogens with zero attached hydrogens (tertiary/aromatic N) is 1. The van der Waals surface area contributed by atoms with Crippen molar-refractivity contribution in [2.75, 3.05) is 19.6 Å². The number of likely N-dealkylation sites (tertiary alicyclic amines) is 1. The third kappa shape index (κ3) is 3.67. The number of piperidine rings is 1. The van der Waals surface area contributed by atoms with Crippen LogP contribution in [0, 0.1) is 5.92 Å². The second-order valence-corrected chi connectivity index (χ2v) is 4.99. The third-order valence-electron chi connectivity index (χ3n) is 3.64. The van der Waals surface area contributed by atoms with Crippen LogP contribution in [0.1, 0.15) is 25.3 Å². The highest BCUT2D eigenvalue weighted by Gasteiger charge is 2.22. The average Bonchev–Trinajstić information content (AvgIpc) is 2.38. The zero-order valence-electron chi connectivity index (χ0n) is 10.6. The van der Waals surface area contributed by atoms with Crippen molar-refractivity contribution < 1.29 is 4.79 Å². The summed E-state index contributed by atoms with van der Waals surface area (Å²) in [6, 6.07) is 10.6. The van der Waals surface area contributed by atoms with Gasteiger partial charge in [-0.25, -0.2) is 0 Å². The molecule has 0 spiro atoms. The van der Waals surface area contributed by atoms with Crippen LogP contribution < -0.4 is 0 Å². The van der Waals surface area contributed by atoms with Gasteiger partial charge in [0.15, 0.2) is 0 Å². The number of rotatable bonds is 4. The van der Waals surface area contributed by atoms with Crippen molar-refractivity contribution in [1.82, 2.24) is 4.90 Å². The average molecular weight is 231 g/mol. The quantitative estimate of drug-likeness (QED) is 0.793. The van der Waals surface area contributed by atoms with E-state index in [9.17, 15) is 4.79 Å². The van der Waals surface area contributed by atoms with Crippen molar-refractivity contribution >= 4 is 5.78 Å². The molecule has 1 atom stereocenters. The van der Waals surface area contributed by atoms with E-state index < -0.39 is 0 Å². The third-order valence-corrected chi connectivity index (χ3v) is 3.64. The van der Waals surface area contributed by atoms with E-state index in [1.54, 1.807) is 6.92 Å².